The van der Waals surface area contributed by atoms with Crippen molar-refractivity contribution < 1.29 is 14.6 Å². The Bertz CT molecular complexity index is 175. The minimum absolute atomic E-state index is 0.240. The van der Waals surface area contributed by atoms with E-state index in [-0.39, 0.29) is 6.10 Å². The molecule has 0 amide bonds. The van der Waals surface area contributed by atoms with Crippen molar-refractivity contribution in [2.24, 2.45) is 5.41 Å². The lowest BCUT2D eigenvalue weighted by atomic mass is 9.90. The second kappa shape index (κ2) is 6.02. The summed E-state index contributed by atoms with van der Waals surface area (Å²) in [5, 5.41) is 8.85. The van der Waals surface area contributed by atoms with E-state index >= 15 is 0 Å². The molecule has 0 aromatic rings. The molecule has 0 aliphatic carbocycles. The van der Waals surface area contributed by atoms with Crippen molar-refractivity contribution in [3.8, 4) is 0 Å². The Labute approximate surface area is 86.5 Å². The van der Waals surface area contributed by atoms with E-state index in [1.165, 1.54) is 0 Å². The highest BCUT2D eigenvalue weighted by Crippen LogP contribution is 2.20. The summed E-state index contributed by atoms with van der Waals surface area (Å²) in [7, 11) is 0. The van der Waals surface area contributed by atoms with Gasteiger partial charge in [0.25, 0.3) is 0 Å². The molecule has 0 saturated carbocycles. The van der Waals surface area contributed by atoms with Gasteiger partial charge in [-0.05, 0) is 33.6 Å². The number of rotatable bonds is 7. The number of carboxylic acid groups (broad SMARTS) is 1. The van der Waals surface area contributed by atoms with Gasteiger partial charge in [-0.1, -0.05) is 13.3 Å². The summed E-state index contributed by atoms with van der Waals surface area (Å²) >= 11 is 0. The van der Waals surface area contributed by atoms with Crippen molar-refractivity contribution in [1.82, 2.24) is 0 Å². The van der Waals surface area contributed by atoms with Gasteiger partial charge in [0.15, 0.2) is 0 Å². The van der Waals surface area contributed by atoms with E-state index in [0.29, 0.717) is 13.0 Å². The summed E-state index contributed by atoms with van der Waals surface area (Å²) in [6, 6.07) is 0. The van der Waals surface area contributed by atoms with Crippen molar-refractivity contribution in [3.63, 3.8) is 0 Å². The Hall–Kier alpha value is -0.570. The number of hydrogen-bond acceptors (Lipinski definition) is 2. The number of carbonyl (C=O) groups is 1. The summed E-state index contributed by atoms with van der Waals surface area (Å²) in [4.78, 5) is 10.8. The SMILES string of the molecule is CCCC(C)OCCC(C)(C)C(=O)O. The van der Waals surface area contributed by atoms with Crippen LogP contribution in [0.4, 0.5) is 0 Å². The maximum atomic E-state index is 10.8. The van der Waals surface area contributed by atoms with Gasteiger partial charge >= 0.3 is 5.97 Å². The maximum absolute atomic E-state index is 10.8. The highest BCUT2D eigenvalue weighted by molar-refractivity contribution is 5.73. The van der Waals surface area contributed by atoms with E-state index < -0.39 is 11.4 Å². The quantitative estimate of drug-likeness (QED) is 0.690. The van der Waals surface area contributed by atoms with Crippen molar-refractivity contribution in [2.75, 3.05) is 6.61 Å². The molecule has 14 heavy (non-hydrogen) atoms. The average molecular weight is 202 g/mol. The highest BCUT2D eigenvalue weighted by atomic mass is 16.5. The van der Waals surface area contributed by atoms with E-state index in [2.05, 4.69) is 6.92 Å². The molecule has 0 heterocycles. The van der Waals surface area contributed by atoms with Crippen LogP contribution in [-0.4, -0.2) is 23.8 Å². The van der Waals surface area contributed by atoms with E-state index in [1.54, 1.807) is 13.8 Å². The monoisotopic (exact) mass is 202 g/mol. The first-order chi connectivity index (χ1) is 6.40. The molecule has 0 rings (SSSR count). The van der Waals surface area contributed by atoms with E-state index in [4.69, 9.17) is 9.84 Å². The Morgan fingerprint density at radius 2 is 2.07 bits per heavy atom. The first kappa shape index (κ1) is 13.4. The normalized spacial score (nSPS) is 14.0. The minimum Gasteiger partial charge on any atom is -0.481 e. The fourth-order valence-corrected chi connectivity index (χ4v) is 1.11. The number of hydrogen-bond donors (Lipinski definition) is 1. The van der Waals surface area contributed by atoms with Gasteiger partial charge in [0.05, 0.1) is 11.5 Å². The zero-order valence-electron chi connectivity index (χ0n) is 9.67. The Morgan fingerprint density at radius 1 is 1.50 bits per heavy atom. The molecule has 0 fully saturated rings. The summed E-state index contributed by atoms with van der Waals surface area (Å²) in [5.74, 6) is -0.760. The largest absolute Gasteiger partial charge is 0.481 e. The lowest BCUT2D eigenvalue weighted by Crippen LogP contribution is -2.26. The molecule has 0 spiro atoms. The van der Waals surface area contributed by atoms with Crippen LogP contribution in [0.1, 0.15) is 47.0 Å². The number of carboxylic acids is 1. The molecule has 0 aliphatic rings. The topological polar surface area (TPSA) is 46.5 Å². The minimum atomic E-state index is -0.760. The summed E-state index contributed by atoms with van der Waals surface area (Å²) in [6.07, 6.45) is 2.94. The lowest BCUT2D eigenvalue weighted by molar-refractivity contribution is -0.148. The third kappa shape index (κ3) is 5.22. The zero-order valence-corrected chi connectivity index (χ0v) is 9.67. The summed E-state index contributed by atoms with van der Waals surface area (Å²) in [5.41, 5.74) is -0.675. The van der Waals surface area contributed by atoms with Crippen LogP contribution in [0.5, 0.6) is 0 Å². The molecule has 1 atom stereocenters. The predicted octanol–water partition coefficient (Wildman–Crippen LogP) is 2.69. The Morgan fingerprint density at radius 3 is 2.50 bits per heavy atom. The van der Waals surface area contributed by atoms with Crippen molar-refractivity contribution in [3.05, 3.63) is 0 Å². The lowest BCUT2D eigenvalue weighted by Gasteiger charge is -2.20. The van der Waals surface area contributed by atoms with Gasteiger partial charge in [-0.3, -0.25) is 4.79 Å². The fraction of sp³-hybridized carbons (Fsp3) is 0.909. The Kier molecular flexibility index (Phi) is 5.77. The maximum Gasteiger partial charge on any atom is 0.309 e. The molecular formula is C11H22O3. The van der Waals surface area contributed by atoms with Crippen molar-refractivity contribution in [2.45, 2.75) is 53.1 Å². The smallest absolute Gasteiger partial charge is 0.309 e. The predicted molar refractivity (Wildman–Crippen MR) is 56.4 cm³/mol. The van der Waals surface area contributed by atoms with Crippen LogP contribution in [0.3, 0.4) is 0 Å². The van der Waals surface area contributed by atoms with Crippen molar-refractivity contribution in [1.29, 1.82) is 0 Å². The average Bonchev–Trinajstić information content (AvgIpc) is 2.04. The molecule has 1 unspecified atom stereocenters. The highest BCUT2D eigenvalue weighted by Gasteiger charge is 2.26. The number of ether oxygens (including phenoxy) is 1. The Balaban J connectivity index is 3.68. The molecule has 0 aliphatic heterocycles. The van der Waals surface area contributed by atoms with E-state index in [0.717, 1.165) is 12.8 Å². The van der Waals surface area contributed by atoms with Gasteiger partial charge in [0, 0.05) is 6.61 Å². The second-order valence-electron chi connectivity index (χ2n) is 4.41. The zero-order chi connectivity index (χ0) is 11.2. The third-order valence-corrected chi connectivity index (χ3v) is 2.40. The molecule has 0 saturated heterocycles. The van der Waals surface area contributed by atoms with Gasteiger partial charge in [0.2, 0.25) is 0 Å². The van der Waals surface area contributed by atoms with Gasteiger partial charge in [0.1, 0.15) is 0 Å². The molecule has 0 aromatic heterocycles. The van der Waals surface area contributed by atoms with Gasteiger partial charge in [-0.2, -0.15) is 0 Å². The molecule has 0 bridgehead atoms. The van der Waals surface area contributed by atoms with Crippen LogP contribution >= 0.6 is 0 Å². The van der Waals surface area contributed by atoms with Gasteiger partial charge in [-0.15, -0.1) is 0 Å². The second-order valence-corrected chi connectivity index (χ2v) is 4.41. The molecule has 84 valence electrons. The molecule has 3 heteroatoms. The van der Waals surface area contributed by atoms with Crippen LogP contribution < -0.4 is 0 Å². The molecule has 0 radical (unpaired) electrons. The van der Waals surface area contributed by atoms with E-state index in [9.17, 15) is 4.79 Å². The van der Waals surface area contributed by atoms with Crippen LogP contribution in [0.15, 0.2) is 0 Å². The van der Waals surface area contributed by atoms with Crippen LogP contribution in [-0.2, 0) is 9.53 Å². The third-order valence-electron chi connectivity index (χ3n) is 2.40. The number of aliphatic carboxylic acids is 1. The summed E-state index contributed by atoms with van der Waals surface area (Å²) in [6.45, 7) is 8.12. The summed E-state index contributed by atoms with van der Waals surface area (Å²) < 4.78 is 5.51. The van der Waals surface area contributed by atoms with Gasteiger partial charge < -0.3 is 9.84 Å². The standard InChI is InChI=1S/C11H22O3/c1-5-6-9(2)14-8-7-11(3,4)10(12)13/h9H,5-8H2,1-4H3,(H,12,13). The molecule has 0 aromatic carbocycles. The molecule has 3 nitrogen and oxygen atoms in total. The van der Waals surface area contributed by atoms with Crippen molar-refractivity contribution >= 4 is 5.97 Å². The molecule has 1 N–H and O–H groups in total. The van der Waals surface area contributed by atoms with Gasteiger partial charge in [-0.25, -0.2) is 0 Å². The molecular weight excluding hydrogens is 180 g/mol. The fourth-order valence-electron chi connectivity index (χ4n) is 1.11. The van der Waals surface area contributed by atoms with Crippen LogP contribution in [0, 0.1) is 5.41 Å². The van der Waals surface area contributed by atoms with Crippen LogP contribution in [0.2, 0.25) is 0 Å². The first-order valence-electron chi connectivity index (χ1n) is 5.25. The van der Waals surface area contributed by atoms with E-state index in [1.807, 2.05) is 6.92 Å². The van der Waals surface area contributed by atoms with Crippen LogP contribution in [0.25, 0.3) is 0 Å². The first-order valence-corrected chi connectivity index (χ1v) is 5.25.